The Morgan fingerprint density at radius 2 is 2.04 bits per heavy atom. The van der Waals surface area contributed by atoms with Crippen molar-refractivity contribution in [1.82, 2.24) is 9.69 Å². The van der Waals surface area contributed by atoms with Crippen LogP contribution in [0.2, 0.25) is 0 Å². The van der Waals surface area contributed by atoms with Gasteiger partial charge in [0.2, 0.25) is 5.88 Å². The topological polar surface area (TPSA) is 127 Å². The van der Waals surface area contributed by atoms with Crippen LogP contribution in [0.15, 0.2) is 6.07 Å². The van der Waals surface area contributed by atoms with Crippen molar-refractivity contribution in [3.8, 4) is 5.88 Å². The molecule has 28 heavy (non-hydrogen) atoms. The van der Waals surface area contributed by atoms with E-state index < -0.39 is 53.1 Å². The highest BCUT2D eigenvalue weighted by Gasteiger charge is 2.25. The number of urea groups is 1. The zero-order chi connectivity index (χ0) is 20.8. The van der Waals surface area contributed by atoms with E-state index in [9.17, 15) is 27.9 Å². The van der Waals surface area contributed by atoms with Gasteiger partial charge in [-0.3, -0.25) is 5.32 Å². The third-order valence-corrected chi connectivity index (χ3v) is 4.30. The van der Waals surface area contributed by atoms with E-state index in [-0.39, 0.29) is 17.1 Å². The number of carboxylic acids is 1. The van der Waals surface area contributed by atoms with Gasteiger partial charge in [0.1, 0.15) is 17.4 Å². The lowest BCUT2D eigenvalue weighted by atomic mass is 10.1. The Morgan fingerprint density at radius 1 is 1.32 bits per heavy atom. The van der Waals surface area contributed by atoms with Gasteiger partial charge in [-0.25, -0.2) is 22.8 Å². The van der Waals surface area contributed by atoms with Crippen molar-refractivity contribution in [1.29, 1.82) is 0 Å². The van der Waals surface area contributed by atoms with Crippen molar-refractivity contribution in [3.63, 3.8) is 0 Å². The number of hydrogen-bond donors (Lipinski definition) is 4. The molecule has 1 aromatic carbocycles. The molecule has 8 nitrogen and oxygen atoms in total. The molecule has 0 spiro atoms. The van der Waals surface area contributed by atoms with E-state index in [4.69, 9.17) is 10.5 Å². The maximum Gasteiger partial charge on any atom is 0.344 e. The number of halogens is 3. The molecule has 0 radical (unpaired) electrons. The molecule has 152 valence electrons. The quantitative estimate of drug-likeness (QED) is 0.386. The molecular weight excluding hydrogens is 401 g/mol. The van der Waals surface area contributed by atoms with Gasteiger partial charge in [0.05, 0.1) is 5.56 Å². The second kappa shape index (κ2) is 9.37. The Morgan fingerprint density at radius 3 is 2.68 bits per heavy atom. The molecule has 1 heterocycles. The molecule has 0 fully saturated rings. The Labute approximate surface area is 161 Å². The third-order valence-electron chi connectivity index (χ3n) is 3.56. The lowest BCUT2D eigenvalue weighted by molar-refractivity contribution is 0.0693. The molecule has 1 aromatic heterocycles. The number of aromatic carboxylic acids is 1. The van der Waals surface area contributed by atoms with E-state index in [2.05, 4.69) is 15.0 Å². The molecule has 0 unspecified atom stereocenters. The first-order valence-electron chi connectivity index (χ1n) is 7.99. The van der Waals surface area contributed by atoms with Crippen molar-refractivity contribution in [2.75, 3.05) is 18.4 Å². The number of carbonyl (C=O) groups is 2. The Balaban J connectivity index is 2.17. The molecule has 0 atom stereocenters. The second-order valence-corrected chi connectivity index (χ2v) is 6.36. The number of nitrogens with two attached hydrogens (primary N) is 1. The Bertz CT molecular complexity index is 891. The number of nitrogens with one attached hydrogen (secondary N) is 2. The largest absolute Gasteiger partial charge is 0.477 e. The van der Waals surface area contributed by atoms with Crippen LogP contribution in [0.25, 0.3) is 0 Å². The summed E-state index contributed by atoms with van der Waals surface area (Å²) in [6, 6.07) is 0.124. The molecule has 0 aliphatic rings. The molecule has 2 aromatic rings. The first-order chi connectivity index (χ1) is 13.3. The molecule has 0 saturated heterocycles. The smallest absolute Gasteiger partial charge is 0.344 e. The number of rotatable bonds is 8. The summed E-state index contributed by atoms with van der Waals surface area (Å²) in [5.74, 6) is -5.64. The van der Waals surface area contributed by atoms with Gasteiger partial charge in [0, 0.05) is 6.54 Å². The first kappa shape index (κ1) is 21.4. The van der Waals surface area contributed by atoms with Crippen LogP contribution in [0.1, 0.15) is 27.9 Å². The number of carbonyl (C=O) groups excluding carboxylic acids is 1. The summed E-state index contributed by atoms with van der Waals surface area (Å²) in [6.45, 7) is 1.06. The van der Waals surface area contributed by atoms with Crippen LogP contribution in [0.4, 0.5) is 23.0 Å². The van der Waals surface area contributed by atoms with E-state index >= 15 is 0 Å². The molecule has 2 amide bonds. The van der Waals surface area contributed by atoms with E-state index in [1.54, 1.807) is 0 Å². The predicted molar refractivity (Wildman–Crippen MR) is 95.2 cm³/mol. The minimum atomic E-state index is -1.47. The zero-order valence-electron chi connectivity index (χ0n) is 14.6. The molecule has 0 aliphatic heterocycles. The average molecular weight is 418 g/mol. The molecular formula is C16H17F3N4O4S. The zero-order valence-corrected chi connectivity index (χ0v) is 15.5. The van der Waals surface area contributed by atoms with Gasteiger partial charge in [-0.1, -0.05) is 0 Å². The number of aryl methyl sites for hydroxylation is 1. The van der Waals surface area contributed by atoms with Gasteiger partial charge in [0.15, 0.2) is 17.2 Å². The number of benzene rings is 1. The highest BCUT2D eigenvalue weighted by atomic mass is 32.1. The first-order valence-corrected chi connectivity index (χ1v) is 8.77. The molecule has 2 rings (SSSR count). The normalized spacial score (nSPS) is 10.6. The van der Waals surface area contributed by atoms with Crippen LogP contribution in [0.3, 0.4) is 0 Å². The van der Waals surface area contributed by atoms with Crippen LogP contribution < -0.4 is 21.1 Å². The summed E-state index contributed by atoms with van der Waals surface area (Å²) >= 11 is 0.607. The van der Waals surface area contributed by atoms with Crippen molar-refractivity contribution < 1.29 is 32.6 Å². The Kier molecular flexibility index (Phi) is 7.18. The average Bonchev–Trinajstić information content (AvgIpc) is 3.02. The van der Waals surface area contributed by atoms with Crippen LogP contribution in [0, 0.1) is 24.4 Å². The van der Waals surface area contributed by atoms with E-state index in [0.717, 1.165) is 6.07 Å². The number of anilines is 1. The molecule has 0 saturated carbocycles. The number of nitrogens with zero attached hydrogens (tertiary/aromatic N) is 1. The van der Waals surface area contributed by atoms with Crippen LogP contribution >= 0.6 is 11.5 Å². The van der Waals surface area contributed by atoms with Gasteiger partial charge in [-0.15, -0.1) is 0 Å². The van der Waals surface area contributed by atoms with Crippen LogP contribution in [-0.4, -0.2) is 34.6 Å². The standard InChI is InChI=1S/C16H17F3N4O4S/c1-7-5-9(17)8(12(19)11(7)18)6-27-13-10(15(24)25)14(28-23-13)22-16(26)21-4-2-3-20/h5H,2-4,6,20H2,1H3,(H,24,25)(H2,21,22,26). The highest BCUT2D eigenvalue weighted by Crippen LogP contribution is 2.31. The van der Waals surface area contributed by atoms with E-state index in [1.165, 1.54) is 6.92 Å². The maximum atomic E-state index is 13.9. The molecule has 0 bridgehead atoms. The lowest BCUT2D eigenvalue weighted by Gasteiger charge is -2.09. The number of ether oxygens (including phenoxy) is 1. The summed E-state index contributed by atoms with van der Waals surface area (Å²) in [5, 5.41) is 14.0. The van der Waals surface area contributed by atoms with Gasteiger partial charge in [-0.2, -0.15) is 4.37 Å². The molecule has 12 heteroatoms. The lowest BCUT2D eigenvalue weighted by Crippen LogP contribution is -2.30. The summed E-state index contributed by atoms with van der Waals surface area (Å²) in [7, 11) is 0. The third kappa shape index (κ3) is 4.89. The monoisotopic (exact) mass is 418 g/mol. The van der Waals surface area contributed by atoms with Gasteiger partial charge in [-0.05, 0) is 43.1 Å². The van der Waals surface area contributed by atoms with Gasteiger partial charge < -0.3 is 20.9 Å². The van der Waals surface area contributed by atoms with Crippen LogP contribution in [-0.2, 0) is 6.61 Å². The predicted octanol–water partition coefficient (Wildman–Crippen LogP) is 2.62. The fourth-order valence-corrected chi connectivity index (χ4v) is 2.85. The highest BCUT2D eigenvalue weighted by molar-refractivity contribution is 7.11. The maximum absolute atomic E-state index is 13.9. The Hall–Kier alpha value is -2.86. The SMILES string of the molecule is Cc1cc(F)c(COc2nsc(NC(=O)NCCCN)c2C(=O)O)c(F)c1F. The van der Waals surface area contributed by atoms with Gasteiger partial charge in [0.25, 0.3) is 0 Å². The molecule has 5 N–H and O–H groups in total. The van der Waals surface area contributed by atoms with Gasteiger partial charge >= 0.3 is 12.0 Å². The number of amides is 2. The van der Waals surface area contributed by atoms with Crippen molar-refractivity contribution in [3.05, 3.63) is 40.2 Å². The second-order valence-electron chi connectivity index (χ2n) is 5.59. The summed E-state index contributed by atoms with van der Waals surface area (Å²) in [5.41, 5.74) is 3.89. The number of aromatic nitrogens is 1. The fourth-order valence-electron chi connectivity index (χ4n) is 2.12. The van der Waals surface area contributed by atoms with Crippen molar-refractivity contribution >= 4 is 28.5 Å². The summed E-state index contributed by atoms with van der Waals surface area (Å²) < 4.78 is 50.2. The fraction of sp³-hybridized carbons (Fsp3) is 0.312. The van der Waals surface area contributed by atoms with Crippen LogP contribution in [0.5, 0.6) is 5.88 Å². The minimum absolute atomic E-state index is 0.135. The summed E-state index contributed by atoms with van der Waals surface area (Å²) in [6.07, 6.45) is 0.528. The van der Waals surface area contributed by atoms with E-state index in [1.807, 2.05) is 0 Å². The van der Waals surface area contributed by atoms with Crippen molar-refractivity contribution in [2.24, 2.45) is 5.73 Å². The number of carboxylic acid groups (broad SMARTS) is 1. The summed E-state index contributed by atoms with van der Waals surface area (Å²) in [4.78, 5) is 23.2. The molecule has 0 aliphatic carbocycles. The minimum Gasteiger partial charge on any atom is -0.477 e. The van der Waals surface area contributed by atoms with E-state index in [0.29, 0.717) is 24.5 Å². The number of hydrogen-bond acceptors (Lipinski definition) is 6. The van der Waals surface area contributed by atoms with Crippen molar-refractivity contribution in [2.45, 2.75) is 20.0 Å².